The van der Waals surface area contributed by atoms with Crippen molar-refractivity contribution < 1.29 is 0 Å². The zero-order valence-electron chi connectivity index (χ0n) is 11.8. The van der Waals surface area contributed by atoms with Gasteiger partial charge in [-0.3, -0.25) is 0 Å². The molecule has 1 aromatic carbocycles. The van der Waals surface area contributed by atoms with Gasteiger partial charge < -0.3 is 5.32 Å². The Hall–Kier alpha value is -1.35. The van der Waals surface area contributed by atoms with Gasteiger partial charge >= 0.3 is 0 Å². The molecule has 0 saturated carbocycles. The van der Waals surface area contributed by atoms with Crippen LogP contribution in [-0.4, -0.2) is 11.5 Å². The third-order valence-corrected chi connectivity index (χ3v) is 4.41. The van der Waals surface area contributed by atoms with Crippen LogP contribution >= 0.6 is 11.3 Å². The average molecular weight is 272 g/mol. The Bertz CT molecular complexity index is 593. The zero-order chi connectivity index (χ0) is 13.5. The molecule has 0 fully saturated rings. The molecule has 1 aromatic heterocycles. The number of aromatic nitrogens is 1. The molecule has 0 amide bonds. The quantitative estimate of drug-likeness (QED) is 0.894. The first-order chi connectivity index (χ1) is 9.02. The molecule has 1 aliphatic heterocycles. The highest BCUT2D eigenvalue weighted by Gasteiger charge is 2.17. The van der Waals surface area contributed by atoms with Crippen molar-refractivity contribution in [3.63, 3.8) is 0 Å². The molecule has 3 rings (SSSR count). The molecule has 3 heteroatoms. The minimum absolute atomic E-state index is 0.147. The van der Waals surface area contributed by atoms with Gasteiger partial charge in [-0.05, 0) is 23.6 Å². The van der Waals surface area contributed by atoms with E-state index in [-0.39, 0.29) is 5.41 Å². The van der Waals surface area contributed by atoms with Gasteiger partial charge in [0, 0.05) is 29.4 Å². The maximum atomic E-state index is 4.77. The number of hydrogen-bond acceptors (Lipinski definition) is 3. The van der Waals surface area contributed by atoms with Crippen molar-refractivity contribution in [1.29, 1.82) is 0 Å². The Kier molecular flexibility index (Phi) is 3.09. The maximum absolute atomic E-state index is 4.77. The van der Waals surface area contributed by atoms with E-state index in [9.17, 15) is 0 Å². The SMILES string of the molecule is CC(C)(C)c1csc(Cc2ccc3c(c2)NCC3)n1. The summed E-state index contributed by atoms with van der Waals surface area (Å²) in [6, 6.07) is 6.77. The van der Waals surface area contributed by atoms with Gasteiger partial charge in [0.2, 0.25) is 0 Å². The van der Waals surface area contributed by atoms with Crippen molar-refractivity contribution in [2.75, 3.05) is 11.9 Å². The van der Waals surface area contributed by atoms with Gasteiger partial charge in [-0.2, -0.15) is 0 Å². The lowest BCUT2D eigenvalue weighted by Crippen LogP contribution is -2.11. The van der Waals surface area contributed by atoms with E-state index >= 15 is 0 Å². The summed E-state index contributed by atoms with van der Waals surface area (Å²) in [5, 5.41) is 6.85. The fraction of sp³-hybridized carbons (Fsp3) is 0.438. The maximum Gasteiger partial charge on any atom is 0.0972 e. The summed E-state index contributed by atoms with van der Waals surface area (Å²) in [6.45, 7) is 7.71. The van der Waals surface area contributed by atoms with Crippen LogP contribution in [0.1, 0.15) is 42.6 Å². The first-order valence-electron chi connectivity index (χ1n) is 6.83. The number of thiazole rings is 1. The summed E-state index contributed by atoms with van der Waals surface area (Å²) in [7, 11) is 0. The lowest BCUT2D eigenvalue weighted by atomic mass is 9.93. The van der Waals surface area contributed by atoms with Crippen LogP contribution in [0.25, 0.3) is 0 Å². The predicted octanol–water partition coefficient (Wildman–Crippen LogP) is 4.00. The van der Waals surface area contributed by atoms with E-state index in [0.29, 0.717) is 0 Å². The van der Waals surface area contributed by atoms with Crippen molar-refractivity contribution in [1.82, 2.24) is 4.98 Å². The van der Waals surface area contributed by atoms with Crippen LogP contribution in [0.4, 0.5) is 5.69 Å². The van der Waals surface area contributed by atoms with E-state index in [1.807, 2.05) is 0 Å². The van der Waals surface area contributed by atoms with E-state index in [1.54, 1.807) is 11.3 Å². The van der Waals surface area contributed by atoms with Gasteiger partial charge in [-0.1, -0.05) is 32.9 Å². The third kappa shape index (κ3) is 2.66. The molecular formula is C16H20N2S. The van der Waals surface area contributed by atoms with Gasteiger partial charge in [-0.25, -0.2) is 4.98 Å². The van der Waals surface area contributed by atoms with Crippen molar-refractivity contribution in [3.05, 3.63) is 45.4 Å². The Morgan fingerprint density at radius 2 is 2.16 bits per heavy atom. The Balaban J connectivity index is 1.80. The molecule has 2 nitrogen and oxygen atoms in total. The van der Waals surface area contributed by atoms with E-state index in [2.05, 4.69) is 49.7 Å². The van der Waals surface area contributed by atoms with Crippen molar-refractivity contribution >= 4 is 17.0 Å². The molecule has 0 aliphatic carbocycles. The van der Waals surface area contributed by atoms with Gasteiger partial charge in [0.15, 0.2) is 0 Å². The first-order valence-corrected chi connectivity index (χ1v) is 7.71. The normalized spacial score (nSPS) is 14.3. The monoisotopic (exact) mass is 272 g/mol. The van der Waals surface area contributed by atoms with Gasteiger partial charge in [-0.15, -0.1) is 11.3 Å². The van der Waals surface area contributed by atoms with E-state index in [4.69, 9.17) is 4.98 Å². The highest BCUT2D eigenvalue weighted by molar-refractivity contribution is 7.09. The molecule has 0 saturated heterocycles. The minimum Gasteiger partial charge on any atom is -0.384 e. The van der Waals surface area contributed by atoms with E-state index in [0.717, 1.165) is 19.4 Å². The van der Waals surface area contributed by atoms with Crippen molar-refractivity contribution in [2.24, 2.45) is 0 Å². The number of nitrogens with zero attached hydrogens (tertiary/aromatic N) is 1. The number of nitrogens with one attached hydrogen (secondary N) is 1. The highest BCUT2D eigenvalue weighted by Crippen LogP contribution is 2.27. The summed E-state index contributed by atoms with van der Waals surface area (Å²) >= 11 is 1.77. The number of benzene rings is 1. The van der Waals surface area contributed by atoms with Crippen LogP contribution < -0.4 is 5.32 Å². The van der Waals surface area contributed by atoms with Crippen molar-refractivity contribution in [2.45, 2.75) is 39.0 Å². The molecule has 2 heterocycles. The zero-order valence-corrected chi connectivity index (χ0v) is 12.6. The van der Waals surface area contributed by atoms with Crippen LogP contribution in [0.3, 0.4) is 0 Å². The summed E-state index contributed by atoms with van der Waals surface area (Å²) < 4.78 is 0. The van der Waals surface area contributed by atoms with Crippen molar-refractivity contribution in [3.8, 4) is 0 Å². The Labute approximate surface area is 118 Å². The molecule has 0 atom stereocenters. The minimum atomic E-state index is 0.147. The number of rotatable bonds is 2. The standard InChI is InChI=1S/C16H20N2S/c1-16(2,3)14-10-19-15(18-14)9-11-4-5-12-6-7-17-13(12)8-11/h4-5,8,10,17H,6-7,9H2,1-3H3. The second-order valence-corrected chi connectivity index (χ2v) is 7.16. The molecular weight excluding hydrogens is 252 g/mol. The summed E-state index contributed by atoms with van der Waals surface area (Å²) in [5.74, 6) is 0. The predicted molar refractivity (Wildman–Crippen MR) is 82.3 cm³/mol. The molecule has 0 radical (unpaired) electrons. The lowest BCUT2D eigenvalue weighted by molar-refractivity contribution is 0.571. The lowest BCUT2D eigenvalue weighted by Gasteiger charge is -2.14. The highest BCUT2D eigenvalue weighted by atomic mass is 32.1. The fourth-order valence-corrected chi connectivity index (χ4v) is 3.41. The van der Waals surface area contributed by atoms with E-state index < -0.39 is 0 Å². The van der Waals surface area contributed by atoms with E-state index in [1.165, 1.54) is 27.5 Å². The summed E-state index contributed by atoms with van der Waals surface area (Å²) in [6.07, 6.45) is 2.09. The molecule has 2 aromatic rings. The Morgan fingerprint density at radius 1 is 1.32 bits per heavy atom. The van der Waals surface area contributed by atoms with Gasteiger partial charge in [0.1, 0.15) is 0 Å². The Morgan fingerprint density at radius 3 is 2.89 bits per heavy atom. The van der Waals surface area contributed by atoms with Crippen LogP contribution in [0.5, 0.6) is 0 Å². The van der Waals surface area contributed by atoms with Crippen LogP contribution in [-0.2, 0) is 18.3 Å². The molecule has 0 bridgehead atoms. The van der Waals surface area contributed by atoms with Crippen LogP contribution in [0, 0.1) is 0 Å². The fourth-order valence-electron chi connectivity index (χ4n) is 2.36. The smallest absolute Gasteiger partial charge is 0.0972 e. The largest absolute Gasteiger partial charge is 0.384 e. The molecule has 19 heavy (non-hydrogen) atoms. The van der Waals surface area contributed by atoms with Crippen LogP contribution in [0.2, 0.25) is 0 Å². The summed E-state index contributed by atoms with van der Waals surface area (Å²) in [4.78, 5) is 4.77. The van der Waals surface area contributed by atoms with Gasteiger partial charge in [0.25, 0.3) is 0 Å². The number of anilines is 1. The topological polar surface area (TPSA) is 24.9 Å². The second kappa shape index (κ2) is 4.64. The van der Waals surface area contributed by atoms with Crippen LogP contribution in [0.15, 0.2) is 23.6 Å². The molecule has 0 unspecified atom stereocenters. The summed E-state index contributed by atoms with van der Waals surface area (Å²) in [5.41, 5.74) is 5.45. The number of fused-ring (bicyclic) bond motifs is 1. The molecule has 0 spiro atoms. The molecule has 100 valence electrons. The molecule has 1 aliphatic rings. The van der Waals surface area contributed by atoms with Gasteiger partial charge in [0.05, 0.1) is 10.7 Å². The number of hydrogen-bond donors (Lipinski definition) is 1. The average Bonchev–Trinajstić information content (AvgIpc) is 2.95. The first kappa shape index (κ1) is 12.7. The molecule has 1 N–H and O–H groups in total. The second-order valence-electron chi connectivity index (χ2n) is 6.22. The third-order valence-electron chi connectivity index (χ3n) is 3.56.